The number of amides is 1. The molecule has 5 aromatic rings. The molecular formula is C31H21Cl2N3O5S3. The minimum atomic E-state index is -0.640. The molecule has 0 bridgehead atoms. The average molecular weight is 683 g/mol. The van der Waals surface area contributed by atoms with Crippen molar-refractivity contribution in [3.05, 3.63) is 108 Å². The summed E-state index contributed by atoms with van der Waals surface area (Å²) in [5, 5.41) is 1.53. The van der Waals surface area contributed by atoms with Gasteiger partial charge in [-0.2, -0.15) is 0 Å². The van der Waals surface area contributed by atoms with Gasteiger partial charge >= 0.3 is 5.97 Å². The van der Waals surface area contributed by atoms with Gasteiger partial charge in [0.15, 0.2) is 15.8 Å². The molecule has 0 aliphatic carbocycles. The minimum absolute atomic E-state index is 0.176. The number of para-hydroxylation sites is 1. The van der Waals surface area contributed by atoms with Crippen LogP contribution in [-0.2, 0) is 11.8 Å². The second-order valence-electron chi connectivity index (χ2n) is 9.61. The molecule has 222 valence electrons. The Bertz CT molecular complexity index is 2100. The van der Waals surface area contributed by atoms with Gasteiger partial charge in [0.05, 0.1) is 28.4 Å². The number of benzene rings is 3. The highest BCUT2D eigenvalue weighted by atomic mass is 35.5. The maximum Gasteiger partial charge on any atom is 0.355 e. The summed E-state index contributed by atoms with van der Waals surface area (Å²) in [5.41, 5.74) is 1.70. The number of thiophene rings is 1. The Kier molecular flexibility index (Phi) is 8.16. The van der Waals surface area contributed by atoms with E-state index in [0.29, 0.717) is 32.3 Å². The van der Waals surface area contributed by atoms with Crippen molar-refractivity contribution < 1.29 is 19.1 Å². The number of hydrogen-bond donors (Lipinski definition) is 0. The molecule has 13 heteroatoms. The molecule has 0 spiro atoms. The number of ether oxygens (including phenoxy) is 2. The summed E-state index contributed by atoms with van der Waals surface area (Å²) < 4.78 is 15.3. The predicted octanol–water partition coefficient (Wildman–Crippen LogP) is 7.64. The Balaban J connectivity index is 1.27. The predicted molar refractivity (Wildman–Crippen MR) is 181 cm³/mol. The molecule has 3 heterocycles. The van der Waals surface area contributed by atoms with Gasteiger partial charge in [0.1, 0.15) is 10.6 Å². The monoisotopic (exact) mass is 681 g/mol. The lowest BCUT2D eigenvalue weighted by Gasteiger charge is -2.12. The van der Waals surface area contributed by atoms with Gasteiger partial charge in [0.2, 0.25) is 0 Å². The van der Waals surface area contributed by atoms with Crippen LogP contribution >= 0.6 is 58.5 Å². The average Bonchev–Trinajstić information content (AvgIpc) is 3.56. The maximum atomic E-state index is 13.6. The van der Waals surface area contributed by atoms with Crippen molar-refractivity contribution in [2.75, 3.05) is 12.0 Å². The number of aromatic nitrogens is 2. The summed E-state index contributed by atoms with van der Waals surface area (Å²) in [6.07, 6.45) is 1.65. The second-order valence-corrected chi connectivity index (χ2v) is 13.2. The Labute approximate surface area is 275 Å². The summed E-state index contributed by atoms with van der Waals surface area (Å²) in [4.78, 5) is 42.0. The number of anilines is 1. The van der Waals surface area contributed by atoms with Gasteiger partial charge in [-0.1, -0.05) is 77.5 Å². The molecule has 3 aromatic carbocycles. The first-order valence-electron chi connectivity index (χ1n) is 13.0. The van der Waals surface area contributed by atoms with Crippen LogP contribution in [-0.4, -0.2) is 32.7 Å². The highest BCUT2D eigenvalue weighted by Crippen LogP contribution is 2.40. The van der Waals surface area contributed by atoms with E-state index in [9.17, 15) is 14.4 Å². The van der Waals surface area contributed by atoms with E-state index in [1.165, 1.54) is 28.0 Å². The largest absolute Gasteiger partial charge is 0.493 e. The molecule has 6 rings (SSSR count). The lowest BCUT2D eigenvalue weighted by atomic mass is 10.2. The van der Waals surface area contributed by atoms with Crippen molar-refractivity contribution in [3.63, 3.8) is 0 Å². The number of hydrogen-bond acceptors (Lipinski definition) is 8. The first-order valence-corrected chi connectivity index (χ1v) is 15.8. The van der Waals surface area contributed by atoms with Crippen LogP contribution in [0.4, 0.5) is 5.69 Å². The number of carbonyl (C=O) groups is 2. The summed E-state index contributed by atoms with van der Waals surface area (Å²) in [7, 11) is 3.20. The third-order valence-electron chi connectivity index (χ3n) is 7.01. The van der Waals surface area contributed by atoms with Crippen LogP contribution in [0.3, 0.4) is 0 Å². The quantitative estimate of drug-likeness (QED) is 0.0788. The smallest absolute Gasteiger partial charge is 0.355 e. The number of esters is 1. The summed E-state index contributed by atoms with van der Waals surface area (Å²) >= 11 is 20.4. The van der Waals surface area contributed by atoms with E-state index >= 15 is 0 Å². The highest BCUT2D eigenvalue weighted by molar-refractivity contribution is 8.27. The van der Waals surface area contributed by atoms with Crippen molar-refractivity contribution in [2.45, 2.75) is 6.92 Å². The van der Waals surface area contributed by atoms with E-state index in [2.05, 4.69) is 0 Å². The van der Waals surface area contributed by atoms with Gasteiger partial charge in [0, 0.05) is 22.2 Å². The highest BCUT2D eigenvalue weighted by Gasteiger charge is 2.37. The van der Waals surface area contributed by atoms with Crippen molar-refractivity contribution >= 4 is 96.6 Å². The van der Waals surface area contributed by atoms with Gasteiger partial charge in [-0.05, 0) is 55.0 Å². The minimum Gasteiger partial charge on any atom is -0.493 e. The lowest BCUT2D eigenvalue weighted by Crippen LogP contribution is -2.33. The molecule has 0 atom stereocenters. The second kappa shape index (κ2) is 11.9. The molecule has 0 saturated carbocycles. The fraction of sp³-hybridized carbons (Fsp3) is 0.0968. The van der Waals surface area contributed by atoms with E-state index < -0.39 is 11.9 Å². The Hall–Kier alpha value is -3.87. The fourth-order valence-corrected chi connectivity index (χ4v) is 7.73. The first-order chi connectivity index (χ1) is 21.1. The number of thiocarbonyl (C=S) groups is 1. The molecule has 0 unspecified atom stereocenters. The fourth-order valence-electron chi connectivity index (χ4n) is 4.80. The summed E-state index contributed by atoms with van der Waals surface area (Å²) in [5.74, 6) is -0.610. The molecule has 8 nitrogen and oxygen atoms in total. The summed E-state index contributed by atoms with van der Waals surface area (Å²) in [6, 6.07) is 19.2. The standard InChI is InChI=1S/C31H21Cl2N3O5S3/c1-16-26(29(38)36(34(16)2)19-7-5-4-6-8-19)35-28(37)24(44-31(35)42)14-17-9-12-21(22(13-17)40-3)41-30(39)27-25(33)20-11-10-18(32)15-23(20)43-27/h4-15H,1-3H3. The molecule has 1 aliphatic rings. The number of halogens is 2. The van der Waals surface area contributed by atoms with Crippen LogP contribution in [0, 0.1) is 6.92 Å². The Morgan fingerprint density at radius 1 is 1.00 bits per heavy atom. The number of nitrogens with zero attached hydrogens (tertiary/aromatic N) is 3. The van der Waals surface area contributed by atoms with Crippen molar-refractivity contribution in [1.29, 1.82) is 0 Å². The van der Waals surface area contributed by atoms with Gasteiger partial charge in [-0.15, -0.1) is 11.3 Å². The number of carbonyl (C=O) groups excluding carboxylic acids is 2. The van der Waals surface area contributed by atoms with Crippen LogP contribution in [0.1, 0.15) is 20.9 Å². The van der Waals surface area contributed by atoms with Crippen molar-refractivity contribution in [1.82, 2.24) is 9.36 Å². The zero-order valence-corrected chi connectivity index (χ0v) is 27.3. The van der Waals surface area contributed by atoms with Gasteiger partial charge in [-0.3, -0.25) is 19.2 Å². The van der Waals surface area contributed by atoms with E-state index in [1.807, 2.05) is 30.3 Å². The topological polar surface area (TPSA) is 82.8 Å². The molecule has 44 heavy (non-hydrogen) atoms. The lowest BCUT2D eigenvalue weighted by molar-refractivity contribution is -0.113. The van der Waals surface area contributed by atoms with Crippen LogP contribution < -0.4 is 19.9 Å². The van der Waals surface area contributed by atoms with Crippen molar-refractivity contribution in [3.8, 4) is 17.2 Å². The zero-order valence-electron chi connectivity index (χ0n) is 23.3. The van der Waals surface area contributed by atoms with Crippen LogP contribution in [0.5, 0.6) is 11.5 Å². The summed E-state index contributed by atoms with van der Waals surface area (Å²) in [6.45, 7) is 1.77. The van der Waals surface area contributed by atoms with Crippen LogP contribution in [0.2, 0.25) is 10.0 Å². The van der Waals surface area contributed by atoms with Crippen LogP contribution in [0.25, 0.3) is 21.8 Å². The molecule has 1 aliphatic heterocycles. The molecule has 0 N–H and O–H groups in total. The SMILES string of the molecule is COc1cc(C=C2SC(=S)N(c3c(C)n(C)n(-c4ccccc4)c3=O)C2=O)ccc1OC(=O)c1sc2cc(Cl)ccc2c1Cl. The molecule has 1 fully saturated rings. The van der Waals surface area contributed by atoms with Crippen molar-refractivity contribution in [2.24, 2.45) is 7.05 Å². The number of methoxy groups -OCH3 is 1. The van der Waals surface area contributed by atoms with E-state index in [0.717, 1.165) is 16.5 Å². The molecule has 1 amide bonds. The van der Waals surface area contributed by atoms with Gasteiger partial charge in [0.25, 0.3) is 11.5 Å². The maximum absolute atomic E-state index is 13.6. The van der Waals surface area contributed by atoms with Gasteiger partial charge in [-0.25, -0.2) is 9.48 Å². The normalized spacial score (nSPS) is 14.2. The van der Waals surface area contributed by atoms with E-state index in [4.69, 9.17) is 44.9 Å². The number of fused-ring (bicyclic) bond motifs is 1. The van der Waals surface area contributed by atoms with Gasteiger partial charge < -0.3 is 9.47 Å². The third kappa shape index (κ3) is 5.24. The number of rotatable bonds is 6. The van der Waals surface area contributed by atoms with E-state index in [1.54, 1.807) is 61.1 Å². The van der Waals surface area contributed by atoms with Crippen LogP contribution in [0.15, 0.2) is 76.4 Å². The Morgan fingerprint density at radius 2 is 1.75 bits per heavy atom. The Morgan fingerprint density at radius 3 is 2.48 bits per heavy atom. The molecule has 1 saturated heterocycles. The molecular weight excluding hydrogens is 661 g/mol. The first kappa shape index (κ1) is 30.2. The number of thioether (sulfide) groups is 1. The van der Waals surface area contributed by atoms with E-state index in [-0.39, 0.29) is 37.0 Å². The molecule has 0 radical (unpaired) electrons. The zero-order chi connectivity index (χ0) is 31.3. The third-order valence-corrected chi connectivity index (χ3v) is 10.2. The molecule has 2 aromatic heterocycles.